The fourth-order valence-electron chi connectivity index (χ4n) is 1.84. The predicted molar refractivity (Wildman–Crippen MR) is 60.3 cm³/mol. The van der Waals surface area contributed by atoms with Crippen LogP contribution in [0.2, 0.25) is 0 Å². The Balaban J connectivity index is 2.39. The molecule has 0 aliphatic rings. The summed E-state index contributed by atoms with van der Waals surface area (Å²) < 4.78 is 14.9. The SMILES string of the molecule is CCCCCCC(C)c1cn(C)nc1F. The van der Waals surface area contributed by atoms with Crippen LogP contribution in [0.3, 0.4) is 0 Å². The van der Waals surface area contributed by atoms with Crippen LogP contribution in [0.4, 0.5) is 4.39 Å². The third-order valence-electron chi connectivity index (χ3n) is 2.83. The molecule has 1 atom stereocenters. The van der Waals surface area contributed by atoms with Crippen LogP contribution in [0.5, 0.6) is 0 Å². The Bertz CT molecular complexity index is 294. The number of unbranched alkanes of at least 4 members (excludes halogenated alkanes) is 3. The summed E-state index contributed by atoms with van der Waals surface area (Å²) >= 11 is 0. The quantitative estimate of drug-likeness (QED) is 0.658. The van der Waals surface area contributed by atoms with Crippen molar-refractivity contribution in [3.05, 3.63) is 17.7 Å². The van der Waals surface area contributed by atoms with Crippen molar-refractivity contribution in [1.82, 2.24) is 9.78 Å². The summed E-state index contributed by atoms with van der Waals surface area (Å²) in [6.07, 6.45) is 7.81. The van der Waals surface area contributed by atoms with E-state index in [1.54, 1.807) is 17.9 Å². The second-order valence-corrected chi connectivity index (χ2v) is 4.30. The molecular weight excluding hydrogens is 191 g/mol. The highest BCUT2D eigenvalue weighted by atomic mass is 19.1. The second kappa shape index (κ2) is 5.89. The molecule has 0 aliphatic carbocycles. The van der Waals surface area contributed by atoms with Gasteiger partial charge in [0.1, 0.15) is 0 Å². The zero-order chi connectivity index (χ0) is 11.3. The average molecular weight is 212 g/mol. The van der Waals surface area contributed by atoms with Crippen LogP contribution < -0.4 is 0 Å². The van der Waals surface area contributed by atoms with E-state index in [4.69, 9.17) is 0 Å². The molecule has 0 amide bonds. The van der Waals surface area contributed by atoms with E-state index in [0.29, 0.717) is 0 Å². The molecule has 86 valence electrons. The minimum atomic E-state index is -0.305. The van der Waals surface area contributed by atoms with Gasteiger partial charge in [0.05, 0.1) is 0 Å². The molecule has 1 rings (SSSR count). The first-order chi connectivity index (χ1) is 7.15. The summed E-state index contributed by atoms with van der Waals surface area (Å²) in [7, 11) is 1.76. The second-order valence-electron chi connectivity index (χ2n) is 4.30. The van der Waals surface area contributed by atoms with Crippen molar-refractivity contribution in [2.45, 2.75) is 51.9 Å². The van der Waals surface area contributed by atoms with Gasteiger partial charge >= 0.3 is 0 Å². The summed E-state index contributed by atoms with van der Waals surface area (Å²) in [6.45, 7) is 4.27. The summed E-state index contributed by atoms with van der Waals surface area (Å²) in [5.41, 5.74) is 0.758. The van der Waals surface area contributed by atoms with Gasteiger partial charge in [-0.1, -0.05) is 39.5 Å². The molecule has 1 aromatic rings. The van der Waals surface area contributed by atoms with E-state index in [-0.39, 0.29) is 11.9 Å². The Hall–Kier alpha value is -0.860. The van der Waals surface area contributed by atoms with E-state index < -0.39 is 0 Å². The van der Waals surface area contributed by atoms with Gasteiger partial charge in [-0.05, 0) is 12.3 Å². The zero-order valence-electron chi connectivity index (χ0n) is 9.96. The molecule has 0 radical (unpaired) electrons. The summed E-state index contributed by atoms with van der Waals surface area (Å²) in [5, 5.41) is 3.73. The minimum absolute atomic E-state index is 0.288. The lowest BCUT2D eigenvalue weighted by Crippen LogP contribution is -1.95. The Labute approximate surface area is 91.5 Å². The normalized spacial score (nSPS) is 13.1. The van der Waals surface area contributed by atoms with Gasteiger partial charge in [0.2, 0.25) is 5.95 Å². The number of nitrogens with zero attached hydrogens (tertiary/aromatic N) is 2. The number of aryl methyl sites for hydroxylation is 1. The first kappa shape index (κ1) is 12.2. The highest BCUT2D eigenvalue weighted by Gasteiger charge is 2.13. The van der Waals surface area contributed by atoms with Crippen molar-refractivity contribution < 1.29 is 4.39 Å². The monoisotopic (exact) mass is 212 g/mol. The van der Waals surface area contributed by atoms with Gasteiger partial charge in [-0.3, -0.25) is 4.68 Å². The van der Waals surface area contributed by atoms with E-state index in [1.807, 2.05) is 0 Å². The van der Waals surface area contributed by atoms with E-state index in [2.05, 4.69) is 18.9 Å². The van der Waals surface area contributed by atoms with Gasteiger partial charge in [0.25, 0.3) is 0 Å². The van der Waals surface area contributed by atoms with Gasteiger partial charge in [-0.15, -0.1) is 5.10 Å². The number of hydrogen-bond acceptors (Lipinski definition) is 1. The maximum atomic E-state index is 13.3. The van der Waals surface area contributed by atoms with Crippen molar-refractivity contribution >= 4 is 0 Å². The Kier molecular flexibility index (Phi) is 4.79. The van der Waals surface area contributed by atoms with Crippen LogP contribution in [0.25, 0.3) is 0 Å². The van der Waals surface area contributed by atoms with Gasteiger partial charge in [0.15, 0.2) is 0 Å². The molecule has 0 N–H and O–H groups in total. The third-order valence-corrected chi connectivity index (χ3v) is 2.83. The molecular formula is C12H21FN2. The van der Waals surface area contributed by atoms with E-state index in [1.165, 1.54) is 25.7 Å². The summed E-state index contributed by atoms with van der Waals surface area (Å²) in [4.78, 5) is 0. The molecule has 0 saturated carbocycles. The van der Waals surface area contributed by atoms with Gasteiger partial charge < -0.3 is 0 Å². The lowest BCUT2D eigenvalue weighted by Gasteiger charge is -2.08. The molecule has 0 saturated heterocycles. The van der Waals surface area contributed by atoms with Crippen molar-refractivity contribution in [3.8, 4) is 0 Å². The number of halogens is 1. The molecule has 2 nitrogen and oxygen atoms in total. The van der Waals surface area contributed by atoms with Crippen LogP contribution >= 0.6 is 0 Å². The molecule has 0 bridgehead atoms. The summed E-state index contributed by atoms with van der Waals surface area (Å²) in [5.74, 6) is -0.0175. The molecule has 0 aromatic carbocycles. The zero-order valence-corrected chi connectivity index (χ0v) is 9.96. The number of hydrogen-bond donors (Lipinski definition) is 0. The average Bonchev–Trinajstić information content (AvgIpc) is 2.52. The van der Waals surface area contributed by atoms with Crippen LogP contribution in [0.1, 0.15) is 57.4 Å². The molecule has 0 aliphatic heterocycles. The molecule has 15 heavy (non-hydrogen) atoms. The maximum absolute atomic E-state index is 13.3. The predicted octanol–water partition coefficient (Wildman–Crippen LogP) is 3.63. The third kappa shape index (κ3) is 3.65. The Morgan fingerprint density at radius 2 is 2.13 bits per heavy atom. The van der Waals surface area contributed by atoms with Crippen LogP contribution in [0, 0.1) is 5.95 Å². The van der Waals surface area contributed by atoms with Gasteiger partial charge in [0, 0.05) is 18.8 Å². The van der Waals surface area contributed by atoms with Crippen molar-refractivity contribution in [2.75, 3.05) is 0 Å². The van der Waals surface area contributed by atoms with E-state index in [9.17, 15) is 4.39 Å². The van der Waals surface area contributed by atoms with E-state index >= 15 is 0 Å². The fraction of sp³-hybridized carbons (Fsp3) is 0.750. The molecule has 0 spiro atoms. The lowest BCUT2D eigenvalue weighted by atomic mass is 9.97. The molecule has 1 aromatic heterocycles. The standard InChI is InChI=1S/C12H21FN2/c1-4-5-6-7-8-10(2)11-9-15(3)14-12(11)13/h9-10H,4-8H2,1-3H3. The van der Waals surface area contributed by atoms with Crippen molar-refractivity contribution in [3.63, 3.8) is 0 Å². The van der Waals surface area contributed by atoms with E-state index in [0.717, 1.165) is 12.0 Å². The van der Waals surface area contributed by atoms with Crippen LogP contribution in [0.15, 0.2) is 6.20 Å². The Morgan fingerprint density at radius 1 is 1.40 bits per heavy atom. The lowest BCUT2D eigenvalue weighted by molar-refractivity contribution is 0.519. The largest absolute Gasteiger partial charge is 0.273 e. The number of rotatable bonds is 6. The first-order valence-corrected chi connectivity index (χ1v) is 5.84. The summed E-state index contributed by atoms with van der Waals surface area (Å²) in [6, 6.07) is 0. The maximum Gasteiger partial charge on any atom is 0.236 e. The molecule has 1 heterocycles. The van der Waals surface area contributed by atoms with Crippen LogP contribution in [-0.4, -0.2) is 9.78 Å². The molecule has 0 fully saturated rings. The number of aromatic nitrogens is 2. The van der Waals surface area contributed by atoms with Crippen molar-refractivity contribution in [1.29, 1.82) is 0 Å². The molecule has 3 heteroatoms. The van der Waals surface area contributed by atoms with Gasteiger partial charge in [-0.25, -0.2) is 0 Å². The van der Waals surface area contributed by atoms with Crippen LogP contribution in [-0.2, 0) is 7.05 Å². The van der Waals surface area contributed by atoms with Crippen molar-refractivity contribution in [2.24, 2.45) is 7.05 Å². The minimum Gasteiger partial charge on any atom is -0.273 e. The first-order valence-electron chi connectivity index (χ1n) is 5.84. The highest BCUT2D eigenvalue weighted by Crippen LogP contribution is 2.23. The molecule has 1 unspecified atom stereocenters. The fourth-order valence-corrected chi connectivity index (χ4v) is 1.84. The Morgan fingerprint density at radius 3 is 2.67 bits per heavy atom. The topological polar surface area (TPSA) is 17.8 Å². The smallest absolute Gasteiger partial charge is 0.236 e. The van der Waals surface area contributed by atoms with Gasteiger partial charge in [-0.2, -0.15) is 4.39 Å². The highest BCUT2D eigenvalue weighted by molar-refractivity contribution is 5.11.